The molecular weight excluding hydrogens is 330 g/mol. The lowest BCUT2D eigenvalue weighted by atomic mass is 9.81. The van der Waals surface area contributed by atoms with Gasteiger partial charge in [0.05, 0.1) is 18.7 Å². The first-order valence-corrected chi connectivity index (χ1v) is 8.30. The second-order valence-corrected chi connectivity index (χ2v) is 6.10. The summed E-state index contributed by atoms with van der Waals surface area (Å²) in [5, 5.41) is 12.9. The average molecular weight is 351 g/mol. The summed E-state index contributed by atoms with van der Waals surface area (Å²) in [6, 6.07) is 16.8. The van der Waals surface area contributed by atoms with Crippen LogP contribution < -0.4 is 5.32 Å². The molecule has 134 valence electrons. The molecule has 5 nitrogen and oxygen atoms in total. The van der Waals surface area contributed by atoms with Crippen LogP contribution in [0.2, 0.25) is 0 Å². The predicted molar refractivity (Wildman–Crippen MR) is 99.2 cm³/mol. The van der Waals surface area contributed by atoms with Crippen molar-refractivity contribution in [3.63, 3.8) is 0 Å². The number of phenols is 1. The number of hydrogen-bond acceptors (Lipinski definition) is 5. The van der Waals surface area contributed by atoms with Crippen LogP contribution in [-0.4, -0.2) is 18.4 Å². The summed E-state index contributed by atoms with van der Waals surface area (Å²) in [6.45, 7) is 3.85. The zero-order valence-corrected chi connectivity index (χ0v) is 14.9. The molecule has 0 aliphatic carbocycles. The maximum absolute atomic E-state index is 11.8. The Morgan fingerprint density at radius 1 is 1.00 bits per heavy atom. The molecule has 2 aromatic carbocycles. The number of phenolic OH excluding ortho intramolecular Hbond substituents is 1. The van der Waals surface area contributed by atoms with Crippen molar-refractivity contribution in [1.82, 2.24) is 5.32 Å². The van der Waals surface area contributed by atoms with Crippen LogP contribution in [0.15, 0.2) is 71.8 Å². The maximum Gasteiger partial charge on any atom is 0.513 e. The van der Waals surface area contributed by atoms with E-state index in [4.69, 9.17) is 9.47 Å². The molecule has 0 aromatic heterocycles. The number of nitrogens with one attached hydrogen (secondary N) is 1. The second-order valence-electron chi connectivity index (χ2n) is 6.10. The number of benzene rings is 2. The molecule has 0 amide bonds. The van der Waals surface area contributed by atoms with Crippen LogP contribution >= 0.6 is 0 Å². The second kappa shape index (κ2) is 7.35. The third kappa shape index (κ3) is 3.42. The summed E-state index contributed by atoms with van der Waals surface area (Å²) in [5.41, 5.74) is 4.64. The zero-order valence-electron chi connectivity index (χ0n) is 14.9. The van der Waals surface area contributed by atoms with Gasteiger partial charge in [-0.15, -0.1) is 0 Å². The summed E-state index contributed by atoms with van der Waals surface area (Å²) in [5.74, 6) is 0.353. The molecule has 0 spiro atoms. The first-order valence-electron chi connectivity index (χ1n) is 8.30. The van der Waals surface area contributed by atoms with E-state index in [1.54, 1.807) is 12.1 Å². The summed E-state index contributed by atoms with van der Waals surface area (Å²) in [7, 11) is 1.28. The van der Waals surface area contributed by atoms with E-state index in [9.17, 15) is 9.90 Å². The largest absolute Gasteiger partial charge is 0.513 e. The van der Waals surface area contributed by atoms with Crippen molar-refractivity contribution < 1.29 is 19.4 Å². The molecule has 2 aromatic rings. The third-order valence-electron chi connectivity index (χ3n) is 4.37. The van der Waals surface area contributed by atoms with Crippen LogP contribution in [0.5, 0.6) is 5.75 Å². The average Bonchev–Trinajstić information content (AvgIpc) is 2.65. The van der Waals surface area contributed by atoms with Crippen LogP contribution in [0, 0.1) is 0 Å². The van der Waals surface area contributed by atoms with Crippen LogP contribution in [0.4, 0.5) is 4.79 Å². The number of carbonyl (C=O) groups excluding carboxylic acids is 1. The normalized spacial score (nSPS) is 17.0. The van der Waals surface area contributed by atoms with Crippen molar-refractivity contribution in [2.24, 2.45) is 0 Å². The van der Waals surface area contributed by atoms with E-state index in [1.165, 1.54) is 7.11 Å². The smallest absolute Gasteiger partial charge is 0.508 e. The molecule has 1 unspecified atom stereocenters. The molecule has 5 heteroatoms. The minimum absolute atomic E-state index is 0.181. The van der Waals surface area contributed by atoms with Crippen molar-refractivity contribution in [2.45, 2.75) is 19.8 Å². The van der Waals surface area contributed by atoms with Gasteiger partial charge in [-0.05, 0) is 42.7 Å². The molecule has 1 heterocycles. The Morgan fingerprint density at radius 2 is 1.65 bits per heavy atom. The molecule has 1 aliphatic heterocycles. The van der Waals surface area contributed by atoms with Gasteiger partial charge in [0.1, 0.15) is 11.5 Å². The van der Waals surface area contributed by atoms with E-state index >= 15 is 0 Å². The molecule has 0 fully saturated rings. The van der Waals surface area contributed by atoms with E-state index in [0.717, 1.165) is 28.1 Å². The lowest BCUT2D eigenvalue weighted by Gasteiger charge is -2.31. The topological polar surface area (TPSA) is 67.8 Å². The number of dihydropyridines is 1. The molecule has 0 saturated heterocycles. The number of allylic oxidation sites excluding steroid dienone is 3. The zero-order chi connectivity index (χ0) is 18.7. The minimum atomic E-state index is -0.767. The van der Waals surface area contributed by atoms with Gasteiger partial charge < -0.3 is 19.9 Å². The number of ether oxygens (including phenoxy) is 2. The van der Waals surface area contributed by atoms with Gasteiger partial charge in [0.25, 0.3) is 0 Å². The number of aromatic hydroxyl groups is 1. The molecular formula is C21H21NO4. The highest BCUT2D eigenvalue weighted by atomic mass is 16.7. The Bertz CT molecular complexity index is 867. The lowest BCUT2D eigenvalue weighted by molar-refractivity contribution is 0.0929. The van der Waals surface area contributed by atoms with Crippen molar-refractivity contribution >= 4 is 11.7 Å². The number of methoxy groups -OCH3 is 1. The summed E-state index contributed by atoms with van der Waals surface area (Å²) < 4.78 is 10.2. The molecule has 1 aliphatic rings. The van der Waals surface area contributed by atoms with Gasteiger partial charge in [0, 0.05) is 5.70 Å². The first-order chi connectivity index (χ1) is 12.5. The van der Waals surface area contributed by atoms with Crippen molar-refractivity contribution in [3.8, 4) is 5.75 Å². The van der Waals surface area contributed by atoms with Gasteiger partial charge in [0.2, 0.25) is 0 Å². The van der Waals surface area contributed by atoms with Crippen LogP contribution in [0.3, 0.4) is 0 Å². The number of carbonyl (C=O) groups is 1. The van der Waals surface area contributed by atoms with Gasteiger partial charge in [-0.25, -0.2) is 4.79 Å². The fraction of sp³-hybridized carbons (Fsp3) is 0.190. The van der Waals surface area contributed by atoms with Crippen molar-refractivity contribution in [2.75, 3.05) is 7.11 Å². The molecule has 1 atom stereocenters. The van der Waals surface area contributed by atoms with Gasteiger partial charge in [-0.1, -0.05) is 42.5 Å². The van der Waals surface area contributed by atoms with Crippen molar-refractivity contribution in [1.29, 1.82) is 0 Å². The Morgan fingerprint density at radius 3 is 2.27 bits per heavy atom. The van der Waals surface area contributed by atoms with E-state index in [-0.39, 0.29) is 11.7 Å². The Kier molecular flexibility index (Phi) is 4.98. The van der Waals surface area contributed by atoms with E-state index < -0.39 is 6.16 Å². The van der Waals surface area contributed by atoms with Gasteiger partial charge in [-0.2, -0.15) is 0 Å². The predicted octanol–water partition coefficient (Wildman–Crippen LogP) is 4.52. The van der Waals surface area contributed by atoms with Crippen LogP contribution in [0.1, 0.15) is 30.9 Å². The summed E-state index contributed by atoms with van der Waals surface area (Å²) >= 11 is 0. The molecule has 3 rings (SSSR count). The van der Waals surface area contributed by atoms with E-state index in [1.807, 2.05) is 56.3 Å². The Labute approximate surface area is 152 Å². The highest BCUT2D eigenvalue weighted by Gasteiger charge is 2.33. The van der Waals surface area contributed by atoms with E-state index in [2.05, 4.69) is 5.32 Å². The fourth-order valence-electron chi connectivity index (χ4n) is 3.23. The quantitative estimate of drug-likeness (QED) is 0.796. The van der Waals surface area contributed by atoms with Crippen molar-refractivity contribution in [3.05, 3.63) is 82.9 Å². The molecule has 0 saturated carbocycles. The van der Waals surface area contributed by atoms with E-state index in [0.29, 0.717) is 5.76 Å². The van der Waals surface area contributed by atoms with Gasteiger partial charge in [0.15, 0.2) is 0 Å². The van der Waals surface area contributed by atoms with Crippen LogP contribution in [-0.2, 0) is 9.47 Å². The SMILES string of the molecule is COC(=O)OC1=C(C)NC(C)=C(c2ccccc2)C1c1ccc(O)cc1. The standard InChI is InChI=1S/C21H21NO4/c1-13-18(15-7-5-4-6-8-15)19(16-9-11-17(23)12-10-16)20(14(2)22-13)26-21(24)25-3/h4-12,19,22-23H,1-3H3. The lowest BCUT2D eigenvalue weighted by Crippen LogP contribution is -2.26. The summed E-state index contributed by atoms with van der Waals surface area (Å²) in [6.07, 6.45) is -0.767. The molecule has 0 radical (unpaired) electrons. The highest BCUT2D eigenvalue weighted by molar-refractivity contribution is 5.79. The Hall–Kier alpha value is -3.21. The monoisotopic (exact) mass is 351 g/mol. The third-order valence-corrected chi connectivity index (χ3v) is 4.37. The van der Waals surface area contributed by atoms with Gasteiger partial charge in [-0.3, -0.25) is 0 Å². The van der Waals surface area contributed by atoms with Gasteiger partial charge >= 0.3 is 6.16 Å². The van der Waals surface area contributed by atoms with Crippen LogP contribution in [0.25, 0.3) is 5.57 Å². The number of hydrogen-bond donors (Lipinski definition) is 2. The Balaban J connectivity index is 2.16. The molecule has 0 bridgehead atoms. The maximum atomic E-state index is 11.8. The first kappa shape index (κ1) is 17.6. The number of rotatable bonds is 3. The fourth-order valence-corrected chi connectivity index (χ4v) is 3.23. The summed E-state index contributed by atoms with van der Waals surface area (Å²) in [4.78, 5) is 11.8. The molecule has 26 heavy (non-hydrogen) atoms. The molecule has 2 N–H and O–H groups in total. The highest BCUT2D eigenvalue weighted by Crippen LogP contribution is 2.43. The minimum Gasteiger partial charge on any atom is -0.508 e.